The van der Waals surface area contributed by atoms with E-state index in [0.29, 0.717) is 0 Å². The van der Waals surface area contributed by atoms with Crippen molar-refractivity contribution in [3.05, 3.63) is 35.4 Å². The van der Waals surface area contributed by atoms with Crippen LogP contribution >= 0.6 is 0 Å². The largest absolute Gasteiger partial charge is 0.353 e. The monoisotopic (exact) mass is 313 g/mol. The number of carbonyl (C=O) groups is 1. The molecule has 1 unspecified atom stereocenters. The second-order valence-corrected chi connectivity index (χ2v) is 7.07. The standard InChI is InChI=1S/C14H23N3O3S/c1-11-6-5-7-12(10-11)13(17(2)3)14(18)15-8-9-16-21(4,19)20/h5-7,10,13,16H,8-9H2,1-4H3,(H,15,18). The van der Waals surface area contributed by atoms with Crippen LogP contribution in [0.25, 0.3) is 0 Å². The van der Waals surface area contributed by atoms with Crippen molar-refractivity contribution in [3.63, 3.8) is 0 Å². The average molecular weight is 313 g/mol. The number of nitrogens with one attached hydrogen (secondary N) is 2. The van der Waals surface area contributed by atoms with Crippen molar-refractivity contribution in [2.75, 3.05) is 33.4 Å². The first-order valence-electron chi connectivity index (χ1n) is 6.66. The Kier molecular flexibility index (Phi) is 6.32. The molecule has 6 nitrogen and oxygen atoms in total. The van der Waals surface area contributed by atoms with Crippen molar-refractivity contribution in [1.29, 1.82) is 0 Å². The second-order valence-electron chi connectivity index (χ2n) is 5.24. The number of carbonyl (C=O) groups excluding carboxylic acids is 1. The van der Waals surface area contributed by atoms with E-state index in [1.54, 1.807) is 0 Å². The van der Waals surface area contributed by atoms with E-state index in [1.807, 2.05) is 50.2 Å². The Morgan fingerprint density at radius 3 is 2.48 bits per heavy atom. The predicted molar refractivity (Wildman–Crippen MR) is 83.5 cm³/mol. The molecule has 7 heteroatoms. The highest BCUT2D eigenvalue weighted by atomic mass is 32.2. The molecule has 0 saturated carbocycles. The van der Waals surface area contributed by atoms with Crippen molar-refractivity contribution >= 4 is 15.9 Å². The summed E-state index contributed by atoms with van der Waals surface area (Å²) in [5.41, 5.74) is 2.00. The zero-order valence-corrected chi connectivity index (χ0v) is 13.7. The lowest BCUT2D eigenvalue weighted by Crippen LogP contribution is -2.40. The van der Waals surface area contributed by atoms with E-state index in [2.05, 4.69) is 10.0 Å². The highest BCUT2D eigenvalue weighted by Crippen LogP contribution is 2.19. The Balaban J connectivity index is 2.67. The molecule has 0 heterocycles. The number of nitrogens with zero attached hydrogens (tertiary/aromatic N) is 1. The fraction of sp³-hybridized carbons (Fsp3) is 0.500. The Labute approximate surface area is 126 Å². The van der Waals surface area contributed by atoms with Gasteiger partial charge in [0.05, 0.1) is 6.26 Å². The summed E-state index contributed by atoms with van der Waals surface area (Å²) < 4.78 is 24.2. The molecule has 1 aromatic carbocycles. The molecule has 1 aromatic rings. The molecule has 0 radical (unpaired) electrons. The summed E-state index contributed by atoms with van der Waals surface area (Å²) in [5, 5.41) is 2.75. The summed E-state index contributed by atoms with van der Waals surface area (Å²) in [4.78, 5) is 14.1. The number of sulfonamides is 1. The number of hydrogen-bond donors (Lipinski definition) is 2. The molecule has 0 fully saturated rings. The number of aryl methyl sites for hydroxylation is 1. The van der Waals surface area contributed by atoms with Gasteiger partial charge in [-0.05, 0) is 26.6 Å². The van der Waals surface area contributed by atoms with Crippen LogP contribution in [0.5, 0.6) is 0 Å². The molecule has 0 aromatic heterocycles. The summed E-state index contributed by atoms with van der Waals surface area (Å²) in [6, 6.07) is 7.37. The van der Waals surface area contributed by atoms with Crippen molar-refractivity contribution in [2.45, 2.75) is 13.0 Å². The van der Waals surface area contributed by atoms with Gasteiger partial charge in [0, 0.05) is 13.1 Å². The van der Waals surface area contributed by atoms with Gasteiger partial charge in [0.25, 0.3) is 0 Å². The number of rotatable bonds is 7. The lowest BCUT2D eigenvalue weighted by Gasteiger charge is -2.24. The van der Waals surface area contributed by atoms with Gasteiger partial charge in [-0.15, -0.1) is 0 Å². The van der Waals surface area contributed by atoms with Crippen molar-refractivity contribution in [2.24, 2.45) is 0 Å². The van der Waals surface area contributed by atoms with Crippen LogP contribution in [0.2, 0.25) is 0 Å². The lowest BCUT2D eigenvalue weighted by molar-refractivity contribution is -0.125. The maximum atomic E-state index is 12.3. The van der Waals surface area contributed by atoms with E-state index in [4.69, 9.17) is 0 Å². The molecule has 0 spiro atoms. The third kappa shape index (κ3) is 6.24. The first-order chi connectivity index (χ1) is 9.70. The predicted octanol–water partition coefficient (Wildman–Crippen LogP) is 0.263. The van der Waals surface area contributed by atoms with Gasteiger partial charge < -0.3 is 5.32 Å². The molecule has 1 atom stereocenters. The molecule has 0 aliphatic carbocycles. The fourth-order valence-corrected chi connectivity index (χ4v) is 2.52. The van der Waals surface area contributed by atoms with Crippen LogP contribution < -0.4 is 10.0 Å². The zero-order chi connectivity index (χ0) is 16.0. The minimum absolute atomic E-state index is 0.152. The van der Waals surface area contributed by atoms with Crippen LogP contribution in [0.3, 0.4) is 0 Å². The third-order valence-electron chi connectivity index (χ3n) is 2.91. The Morgan fingerprint density at radius 2 is 1.95 bits per heavy atom. The second kappa shape index (κ2) is 7.53. The van der Waals surface area contributed by atoms with Crippen LogP contribution in [-0.2, 0) is 14.8 Å². The highest BCUT2D eigenvalue weighted by Gasteiger charge is 2.22. The van der Waals surface area contributed by atoms with Gasteiger partial charge in [0.2, 0.25) is 15.9 Å². The number of hydrogen-bond acceptors (Lipinski definition) is 4. The summed E-state index contributed by atoms with van der Waals surface area (Å²) in [5.74, 6) is -0.152. The molecule has 2 N–H and O–H groups in total. The molecule has 0 aliphatic heterocycles. The van der Waals surface area contributed by atoms with E-state index in [9.17, 15) is 13.2 Å². The molecular weight excluding hydrogens is 290 g/mol. The van der Waals surface area contributed by atoms with E-state index in [0.717, 1.165) is 17.4 Å². The maximum absolute atomic E-state index is 12.3. The summed E-state index contributed by atoms with van der Waals surface area (Å²) >= 11 is 0. The van der Waals surface area contributed by atoms with Crippen molar-refractivity contribution in [1.82, 2.24) is 14.9 Å². The first-order valence-corrected chi connectivity index (χ1v) is 8.55. The van der Waals surface area contributed by atoms with Gasteiger partial charge in [0.1, 0.15) is 6.04 Å². The minimum Gasteiger partial charge on any atom is -0.353 e. The molecule has 118 valence electrons. The Hall–Kier alpha value is -1.44. The first kappa shape index (κ1) is 17.6. The fourth-order valence-electron chi connectivity index (χ4n) is 2.04. The van der Waals surface area contributed by atoms with Gasteiger partial charge in [-0.25, -0.2) is 13.1 Å². The third-order valence-corrected chi connectivity index (χ3v) is 3.64. The Bertz CT molecular complexity index is 585. The topological polar surface area (TPSA) is 78.5 Å². The van der Waals surface area contributed by atoms with E-state index < -0.39 is 16.1 Å². The summed E-state index contributed by atoms with van der Waals surface area (Å²) in [6.07, 6.45) is 1.09. The van der Waals surface area contributed by atoms with Crippen LogP contribution in [0.15, 0.2) is 24.3 Å². The number of amides is 1. The molecule has 1 rings (SSSR count). The number of benzene rings is 1. The molecule has 1 amide bonds. The average Bonchev–Trinajstić information content (AvgIpc) is 2.33. The quantitative estimate of drug-likeness (QED) is 0.708. The van der Waals surface area contributed by atoms with Gasteiger partial charge in [-0.2, -0.15) is 0 Å². The van der Waals surface area contributed by atoms with Crippen LogP contribution in [0, 0.1) is 6.92 Å². The minimum atomic E-state index is -3.23. The normalized spacial score (nSPS) is 13.2. The molecule has 0 bridgehead atoms. The maximum Gasteiger partial charge on any atom is 0.241 e. The zero-order valence-electron chi connectivity index (χ0n) is 12.9. The van der Waals surface area contributed by atoms with E-state index in [1.165, 1.54) is 0 Å². The highest BCUT2D eigenvalue weighted by molar-refractivity contribution is 7.88. The van der Waals surface area contributed by atoms with E-state index >= 15 is 0 Å². The van der Waals surface area contributed by atoms with Crippen LogP contribution in [0.1, 0.15) is 17.2 Å². The summed E-state index contributed by atoms with van der Waals surface area (Å²) in [7, 11) is 0.441. The molecule has 0 aliphatic rings. The van der Waals surface area contributed by atoms with Gasteiger partial charge in [0.15, 0.2) is 0 Å². The summed E-state index contributed by atoms with van der Waals surface area (Å²) in [6.45, 7) is 2.41. The number of likely N-dealkylation sites (N-methyl/N-ethyl adjacent to an activating group) is 1. The van der Waals surface area contributed by atoms with E-state index in [-0.39, 0.29) is 19.0 Å². The van der Waals surface area contributed by atoms with Crippen molar-refractivity contribution in [3.8, 4) is 0 Å². The molecule has 21 heavy (non-hydrogen) atoms. The van der Waals surface area contributed by atoms with Crippen LogP contribution in [0.4, 0.5) is 0 Å². The smallest absolute Gasteiger partial charge is 0.241 e. The SMILES string of the molecule is Cc1cccc(C(C(=O)NCCNS(C)(=O)=O)N(C)C)c1. The molecule has 0 saturated heterocycles. The van der Waals surface area contributed by atoms with Crippen molar-refractivity contribution < 1.29 is 13.2 Å². The van der Waals surface area contributed by atoms with Crippen LogP contribution in [-0.4, -0.2) is 52.7 Å². The van der Waals surface area contributed by atoms with Gasteiger partial charge >= 0.3 is 0 Å². The van der Waals surface area contributed by atoms with Gasteiger partial charge in [-0.1, -0.05) is 29.8 Å². The van der Waals surface area contributed by atoms with Gasteiger partial charge in [-0.3, -0.25) is 9.69 Å². The Morgan fingerprint density at radius 1 is 1.29 bits per heavy atom. The molecular formula is C14H23N3O3S. The lowest BCUT2D eigenvalue weighted by atomic mass is 10.0.